The summed E-state index contributed by atoms with van der Waals surface area (Å²) < 4.78 is 0.669. The van der Waals surface area contributed by atoms with Crippen molar-refractivity contribution in [2.24, 2.45) is 17.3 Å². The molecule has 0 aromatic rings. The Morgan fingerprint density at radius 2 is 2.09 bits per heavy atom. The summed E-state index contributed by atoms with van der Waals surface area (Å²) in [5, 5.41) is 0. The Balaban J connectivity index is 1.82. The Hall–Kier alpha value is -0.570. The molecule has 0 aromatic heterocycles. The summed E-state index contributed by atoms with van der Waals surface area (Å²) in [6.07, 6.45) is 21.8. The van der Waals surface area contributed by atoms with Crippen LogP contribution in [0.2, 0.25) is 0 Å². The highest BCUT2D eigenvalue weighted by atomic mass is 127. The lowest BCUT2D eigenvalue weighted by Crippen LogP contribution is -2.22. The minimum absolute atomic E-state index is 0.273. The smallest absolute Gasteiger partial charge is 0.0330 e. The van der Waals surface area contributed by atoms with Gasteiger partial charge in [-0.2, -0.15) is 0 Å². The summed E-state index contributed by atoms with van der Waals surface area (Å²) in [7, 11) is 0. The monoisotopic (exact) mass is 406 g/mol. The topological polar surface area (TPSA) is 0 Å². The van der Waals surface area contributed by atoms with Gasteiger partial charge >= 0.3 is 0 Å². The van der Waals surface area contributed by atoms with E-state index in [2.05, 4.69) is 85.9 Å². The predicted molar refractivity (Wildman–Crippen MR) is 105 cm³/mol. The molecule has 0 bridgehead atoms. The first-order valence-corrected chi connectivity index (χ1v) is 9.89. The van der Waals surface area contributed by atoms with E-state index in [1.165, 1.54) is 24.8 Å². The van der Waals surface area contributed by atoms with Crippen molar-refractivity contribution in [2.45, 2.75) is 50.4 Å². The van der Waals surface area contributed by atoms with Gasteiger partial charge in [0.25, 0.3) is 0 Å². The highest BCUT2D eigenvalue weighted by Crippen LogP contribution is 2.57. The van der Waals surface area contributed by atoms with E-state index >= 15 is 0 Å². The lowest BCUT2D eigenvalue weighted by Gasteiger charge is -2.30. The first-order valence-electron chi connectivity index (χ1n) is 8.64. The Bertz CT molecular complexity index is 583. The average molecular weight is 406 g/mol. The molecule has 0 amide bonds. The Labute approximate surface area is 149 Å². The zero-order valence-electron chi connectivity index (χ0n) is 14.0. The van der Waals surface area contributed by atoms with Crippen LogP contribution in [0.1, 0.15) is 46.5 Å². The molecular weight excluding hydrogens is 379 g/mol. The van der Waals surface area contributed by atoms with Crippen LogP contribution in [0.5, 0.6) is 0 Å². The maximum absolute atomic E-state index is 2.58. The van der Waals surface area contributed by atoms with Crippen molar-refractivity contribution < 1.29 is 0 Å². The first-order chi connectivity index (χ1) is 10.5. The van der Waals surface area contributed by atoms with Gasteiger partial charge in [0.2, 0.25) is 0 Å². The molecule has 1 heteroatoms. The molecule has 22 heavy (non-hydrogen) atoms. The maximum Gasteiger partial charge on any atom is 0.0330 e. The van der Waals surface area contributed by atoms with Crippen molar-refractivity contribution in [2.75, 3.05) is 0 Å². The summed E-state index contributed by atoms with van der Waals surface area (Å²) in [6.45, 7) is 7.08. The van der Waals surface area contributed by atoms with E-state index in [9.17, 15) is 0 Å². The van der Waals surface area contributed by atoms with Crippen LogP contribution in [-0.2, 0) is 0 Å². The van der Waals surface area contributed by atoms with Gasteiger partial charge in [0.05, 0.1) is 0 Å². The standard InChI is InChI=1S/C21H27I/c1-4-5-6-7-8-15-9-11-17-18-12-10-16(22)14-20(18)21(2,3)19(17)13-15/h5-6,9,11-14,16-17,19H,4,7-8,10H2,1-3H3/b6-5-. The van der Waals surface area contributed by atoms with Crippen molar-refractivity contribution in [1.82, 2.24) is 0 Å². The number of allylic oxidation sites excluding steroid dienone is 10. The molecule has 1 fully saturated rings. The van der Waals surface area contributed by atoms with Gasteiger partial charge in [0.15, 0.2) is 0 Å². The fourth-order valence-corrected chi connectivity index (χ4v) is 4.78. The van der Waals surface area contributed by atoms with E-state index in [1.54, 1.807) is 11.1 Å². The van der Waals surface area contributed by atoms with E-state index in [-0.39, 0.29) is 5.41 Å². The van der Waals surface area contributed by atoms with E-state index in [1.807, 2.05) is 0 Å². The number of hydrogen-bond donors (Lipinski definition) is 0. The van der Waals surface area contributed by atoms with Crippen molar-refractivity contribution in [1.29, 1.82) is 0 Å². The van der Waals surface area contributed by atoms with Crippen LogP contribution in [-0.4, -0.2) is 3.92 Å². The number of fused-ring (bicyclic) bond motifs is 3. The quantitative estimate of drug-likeness (QED) is 0.282. The molecular formula is C21H27I. The maximum atomic E-state index is 2.58. The summed E-state index contributed by atoms with van der Waals surface area (Å²) in [5.74, 6) is 1.25. The second-order valence-corrected chi connectivity index (χ2v) is 8.88. The molecule has 0 heterocycles. The third-order valence-electron chi connectivity index (χ3n) is 5.41. The summed E-state index contributed by atoms with van der Waals surface area (Å²) in [4.78, 5) is 0. The van der Waals surface area contributed by atoms with Crippen molar-refractivity contribution in [3.8, 4) is 0 Å². The van der Waals surface area contributed by atoms with Crippen molar-refractivity contribution in [3.05, 3.63) is 59.3 Å². The van der Waals surface area contributed by atoms with E-state index < -0.39 is 0 Å². The molecule has 3 aliphatic rings. The van der Waals surface area contributed by atoms with Crippen molar-refractivity contribution in [3.63, 3.8) is 0 Å². The highest BCUT2D eigenvalue weighted by molar-refractivity contribution is 14.1. The first kappa shape index (κ1) is 16.3. The minimum Gasteiger partial charge on any atom is -0.0888 e. The van der Waals surface area contributed by atoms with Gasteiger partial charge in [-0.15, -0.1) is 0 Å². The number of hydrogen-bond acceptors (Lipinski definition) is 0. The molecule has 3 atom stereocenters. The molecule has 0 aromatic carbocycles. The molecule has 3 aliphatic carbocycles. The molecule has 0 saturated heterocycles. The van der Waals surface area contributed by atoms with Crippen LogP contribution in [0.25, 0.3) is 0 Å². The summed E-state index contributed by atoms with van der Waals surface area (Å²) in [6, 6.07) is 0. The van der Waals surface area contributed by atoms with Gasteiger partial charge in [0, 0.05) is 9.84 Å². The highest BCUT2D eigenvalue weighted by Gasteiger charge is 2.48. The van der Waals surface area contributed by atoms with Gasteiger partial charge in [-0.1, -0.05) is 91.5 Å². The molecule has 3 unspecified atom stereocenters. The predicted octanol–water partition coefficient (Wildman–Crippen LogP) is 6.56. The average Bonchev–Trinajstić information content (AvgIpc) is 2.72. The SMILES string of the molecule is CC/C=C\CCC1=CC2C(C=C1)C1=CCC(I)C=C1C2(C)C. The third kappa shape index (κ3) is 2.93. The van der Waals surface area contributed by atoms with E-state index in [0.29, 0.717) is 15.8 Å². The van der Waals surface area contributed by atoms with Crippen LogP contribution < -0.4 is 0 Å². The van der Waals surface area contributed by atoms with Crippen LogP contribution in [0.4, 0.5) is 0 Å². The van der Waals surface area contributed by atoms with Crippen LogP contribution in [0.15, 0.2) is 59.3 Å². The molecule has 1 saturated carbocycles. The molecule has 118 valence electrons. The van der Waals surface area contributed by atoms with Crippen LogP contribution >= 0.6 is 22.6 Å². The zero-order valence-corrected chi connectivity index (χ0v) is 16.1. The molecule has 0 radical (unpaired) electrons. The fourth-order valence-electron chi connectivity index (χ4n) is 4.17. The molecule has 0 aliphatic heterocycles. The number of alkyl halides is 1. The van der Waals surface area contributed by atoms with Gasteiger partial charge in [-0.25, -0.2) is 0 Å². The van der Waals surface area contributed by atoms with Gasteiger partial charge in [0.1, 0.15) is 0 Å². The van der Waals surface area contributed by atoms with Crippen molar-refractivity contribution >= 4 is 22.6 Å². The molecule has 0 spiro atoms. The Morgan fingerprint density at radius 1 is 1.27 bits per heavy atom. The number of rotatable bonds is 4. The summed E-state index contributed by atoms with van der Waals surface area (Å²) in [5.41, 5.74) is 5.03. The zero-order chi connectivity index (χ0) is 15.7. The third-order valence-corrected chi connectivity index (χ3v) is 6.28. The van der Waals surface area contributed by atoms with Gasteiger partial charge in [-0.05, 0) is 48.2 Å². The van der Waals surface area contributed by atoms with Crippen LogP contribution in [0, 0.1) is 17.3 Å². The van der Waals surface area contributed by atoms with Gasteiger partial charge in [-0.3, -0.25) is 0 Å². The molecule has 3 rings (SSSR count). The van der Waals surface area contributed by atoms with E-state index in [0.717, 1.165) is 6.42 Å². The minimum atomic E-state index is 0.273. The molecule has 0 nitrogen and oxygen atoms in total. The largest absolute Gasteiger partial charge is 0.0888 e. The van der Waals surface area contributed by atoms with Gasteiger partial charge < -0.3 is 0 Å². The second kappa shape index (κ2) is 6.51. The molecule has 0 N–H and O–H groups in total. The second-order valence-electron chi connectivity index (χ2n) is 7.28. The normalized spacial score (nSPS) is 32.4. The Kier molecular flexibility index (Phi) is 4.82. The van der Waals surface area contributed by atoms with Crippen LogP contribution in [0.3, 0.4) is 0 Å². The number of halogens is 1. The van der Waals surface area contributed by atoms with E-state index in [4.69, 9.17) is 0 Å². The lowest BCUT2D eigenvalue weighted by molar-refractivity contribution is 0.331. The lowest BCUT2D eigenvalue weighted by atomic mass is 9.74. The summed E-state index contributed by atoms with van der Waals surface area (Å²) >= 11 is 2.57. The fraction of sp³-hybridized carbons (Fsp3) is 0.524. The Morgan fingerprint density at radius 3 is 2.86 bits per heavy atom.